The van der Waals surface area contributed by atoms with Gasteiger partial charge in [0.15, 0.2) is 0 Å². The Kier molecular flexibility index (Phi) is 3.80. The monoisotopic (exact) mass is 234 g/mol. The molecule has 5 heteroatoms. The molecule has 0 bridgehead atoms. The molecule has 1 aromatic rings. The predicted molar refractivity (Wildman–Crippen MR) is 53.4 cm³/mol. The molecular formula is C11H13F3O2. The van der Waals surface area contributed by atoms with Crippen LogP contribution in [0.4, 0.5) is 13.2 Å². The van der Waals surface area contributed by atoms with Crippen LogP contribution in [0, 0.1) is 6.92 Å². The van der Waals surface area contributed by atoms with Gasteiger partial charge >= 0.3 is 6.18 Å². The van der Waals surface area contributed by atoms with Crippen LogP contribution in [0.15, 0.2) is 18.2 Å². The van der Waals surface area contributed by atoms with Gasteiger partial charge in [-0.1, -0.05) is 0 Å². The smallest absolute Gasteiger partial charge is 0.416 e. The minimum Gasteiger partial charge on any atom is -0.488 e. The van der Waals surface area contributed by atoms with Gasteiger partial charge in [0.1, 0.15) is 11.9 Å². The molecule has 1 N–H and O–H groups in total. The van der Waals surface area contributed by atoms with E-state index >= 15 is 0 Å². The number of halogens is 3. The van der Waals surface area contributed by atoms with Crippen molar-refractivity contribution in [2.24, 2.45) is 0 Å². The Morgan fingerprint density at radius 1 is 1.31 bits per heavy atom. The Labute approximate surface area is 91.7 Å². The Balaban J connectivity index is 2.99. The van der Waals surface area contributed by atoms with E-state index in [-0.39, 0.29) is 12.4 Å². The highest BCUT2D eigenvalue weighted by molar-refractivity contribution is 5.35. The molecule has 0 saturated heterocycles. The van der Waals surface area contributed by atoms with E-state index in [9.17, 15) is 13.2 Å². The summed E-state index contributed by atoms with van der Waals surface area (Å²) in [6.45, 7) is 2.90. The highest BCUT2D eigenvalue weighted by Gasteiger charge is 2.31. The Morgan fingerprint density at radius 2 is 1.94 bits per heavy atom. The predicted octanol–water partition coefficient (Wildman–Crippen LogP) is 2.77. The second kappa shape index (κ2) is 4.74. The van der Waals surface area contributed by atoms with E-state index in [0.29, 0.717) is 5.56 Å². The molecule has 0 fully saturated rings. The molecule has 2 nitrogen and oxygen atoms in total. The van der Waals surface area contributed by atoms with Crippen molar-refractivity contribution in [1.82, 2.24) is 0 Å². The number of aliphatic hydroxyl groups is 1. The largest absolute Gasteiger partial charge is 0.488 e. The lowest BCUT2D eigenvalue weighted by Gasteiger charge is -2.15. The first-order chi connectivity index (χ1) is 7.32. The summed E-state index contributed by atoms with van der Waals surface area (Å²) >= 11 is 0. The molecule has 0 unspecified atom stereocenters. The van der Waals surface area contributed by atoms with Gasteiger partial charge < -0.3 is 9.84 Å². The number of aliphatic hydroxyl groups excluding tert-OH is 1. The zero-order chi connectivity index (χ0) is 12.3. The number of benzene rings is 1. The first kappa shape index (κ1) is 12.8. The molecule has 1 aromatic carbocycles. The summed E-state index contributed by atoms with van der Waals surface area (Å²) in [7, 11) is 0. The van der Waals surface area contributed by atoms with Crippen LogP contribution in [0.25, 0.3) is 0 Å². The third-order valence-electron chi connectivity index (χ3n) is 1.97. The van der Waals surface area contributed by atoms with Gasteiger partial charge in [-0.3, -0.25) is 0 Å². The SMILES string of the molecule is Cc1cc(O[C@H](C)CO)cc(C(F)(F)F)c1. The Morgan fingerprint density at radius 3 is 2.44 bits per heavy atom. The average molecular weight is 234 g/mol. The lowest BCUT2D eigenvalue weighted by Crippen LogP contribution is -2.16. The molecule has 90 valence electrons. The highest BCUT2D eigenvalue weighted by Crippen LogP contribution is 2.32. The molecule has 0 aliphatic rings. The van der Waals surface area contributed by atoms with Crippen LogP contribution in [0.5, 0.6) is 5.75 Å². The Hall–Kier alpha value is -1.23. The second-order valence-electron chi connectivity index (χ2n) is 3.64. The van der Waals surface area contributed by atoms with Gasteiger partial charge in [-0.25, -0.2) is 0 Å². The molecule has 0 aromatic heterocycles. The number of rotatable bonds is 3. The van der Waals surface area contributed by atoms with Gasteiger partial charge in [0.25, 0.3) is 0 Å². The molecule has 0 saturated carbocycles. The number of hydrogen-bond acceptors (Lipinski definition) is 2. The van der Waals surface area contributed by atoms with E-state index in [4.69, 9.17) is 9.84 Å². The van der Waals surface area contributed by atoms with Crippen LogP contribution in [0.3, 0.4) is 0 Å². The fourth-order valence-electron chi connectivity index (χ4n) is 1.25. The molecule has 0 spiro atoms. The summed E-state index contributed by atoms with van der Waals surface area (Å²) in [5, 5.41) is 8.75. The maximum absolute atomic E-state index is 12.5. The molecule has 1 rings (SSSR count). The van der Waals surface area contributed by atoms with Crippen molar-refractivity contribution >= 4 is 0 Å². The van der Waals surface area contributed by atoms with Gasteiger partial charge in [0.2, 0.25) is 0 Å². The maximum Gasteiger partial charge on any atom is 0.416 e. The first-order valence-corrected chi connectivity index (χ1v) is 4.79. The summed E-state index contributed by atoms with van der Waals surface area (Å²) in [4.78, 5) is 0. The average Bonchev–Trinajstić information content (AvgIpc) is 2.15. The minimum atomic E-state index is -4.38. The standard InChI is InChI=1S/C11H13F3O2/c1-7-3-9(11(12,13)14)5-10(4-7)16-8(2)6-15/h3-5,8,15H,6H2,1-2H3/t8-/m1/s1. The number of alkyl halides is 3. The van der Waals surface area contributed by atoms with Crippen LogP contribution in [-0.2, 0) is 6.18 Å². The van der Waals surface area contributed by atoms with Crippen LogP contribution in [-0.4, -0.2) is 17.8 Å². The van der Waals surface area contributed by atoms with Gasteiger partial charge in [-0.05, 0) is 37.6 Å². The number of hydrogen-bond donors (Lipinski definition) is 1. The topological polar surface area (TPSA) is 29.5 Å². The van der Waals surface area contributed by atoms with Gasteiger partial charge in [-0.2, -0.15) is 13.2 Å². The van der Waals surface area contributed by atoms with E-state index in [2.05, 4.69) is 0 Å². The molecule has 0 aliphatic heterocycles. The molecule has 16 heavy (non-hydrogen) atoms. The zero-order valence-corrected chi connectivity index (χ0v) is 9.01. The first-order valence-electron chi connectivity index (χ1n) is 4.79. The number of aryl methyl sites for hydroxylation is 1. The quantitative estimate of drug-likeness (QED) is 0.871. The van der Waals surface area contributed by atoms with Crippen molar-refractivity contribution in [3.63, 3.8) is 0 Å². The van der Waals surface area contributed by atoms with Gasteiger partial charge in [-0.15, -0.1) is 0 Å². The number of ether oxygens (including phenoxy) is 1. The van der Waals surface area contributed by atoms with Gasteiger partial charge in [0.05, 0.1) is 12.2 Å². The molecule has 0 radical (unpaired) electrons. The molecule has 0 amide bonds. The zero-order valence-electron chi connectivity index (χ0n) is 9.01. The second-order valence-corrected chi connectivity index (χ2v) is 3.64. The summed E-state index contributed by atoms with van der Waals surface area (Å²) in [6.07, 6.45) is -4.91. The van der Waals surface area contributed by atoms with E-state index in [0.717, 1.165) is 12.1 Å². The van der Waals surface area contributed by atoms with Crippen molar-refractivity contribution in [2.45, 2.75) is 26.1 Å². The van der Waals surface area contributed by atoms with Crippen LogP contribution < -0.4 is 4.74 Å². The fourth-order valence-corrected chi connectivity index (χ4v) is 1.25. The van der Waals surface area contributed by atoms with Crippen molar-refractivity contribution in [1.29, 1.82) is 0 Å². The summed E-state index contributed by atoms with van der Waals surface area (Å²) < 4.78 is 42.5. The summed E-state index contributed by atoms with van der Waals surface area (Å²) in [5.41, 5.74) is -0.275. The Bertz CT molecular complexity index is 361. The van der Waals surface area contributed by atoms with Gasteiger partial charge in [0, 0.05) is 0 Å². The molecule has 1 atom stereocenters. The normalized spacial score (nSPS) is 13.6. The maximum atomic E-state index is 12.5. The molecule has 0 aliphatic carbocycles. The third kappa shape index (κ3) is 3.41. The van der Waals surface area contributed by atoms with Crippen molar-refractivity contribution in [2.75, 3.05) is 6.61 Å². The van der Waals surface area contributed by atoms with E-state index < -0.39 is 17.8 Å². The molecular weight excluding hydrogens is 221 g/mol. The third-order valence-corrected chi connectivity index (χ3v) is 1.97. The van der Waals surface area contributed by atoms with Crippen LogP contribution in [0.1, 0.15) is 18.1 Å². The van der Waals surface area contributed by atoms with Crippen molar-refractivity contribution in [3.05, 3.63) is 29.3 Å². The van der Waals surface area contributed by atoms with E-state index in [1.807, 2.05) is 0 Å². The lowest BCUT2D eigenvalue weighted by molar-refractivity contribution is -0.137. The summed E-state index contributed by atoms with van der Waals surface area (Å²) in [6, 6.07) is 3.48. The van der Waals surface area contributed by atoms with E-state index in [1.54, 1.807) is 13.8 Å². The minimum absolute atomic E-state index is 0.119. The highest BCUT2D eigenvalue weighted by atomic mass is 19.4. The van der Waals surface area contributed by atoms with Crippen molar-refractivity contribution < 1.29 is 23.0 Å². The lowest BCUT2D eigenvalue weighted by atomic mass is 10.1. The summed E-state index contributed by atoms with van der Waals surface area (Å²) in [5.74, 6) is 0.119. The van der Waals surface area contributed by atoms with Crippen molar-refractivity contribution in [3.8, 4) is 5.75 Å². The van der Waals surface area contributed by atoms with Crippen LogP contribution in [0.2, 0.25) is 0 Å². The molecule has 0 heterocycles. The van der Waals surface area contributed by atoms with E-state index in [1.165, 1.54) is 6.07 Å². The fraction of sp³-hybridized carbons (Fsp3) is 0.455. The van der Waals surface area contributed by atoms with Crippen LogP contribution >= 0.6 is 0 Å².